The molecule has 0 unspecified atom stereocenters. The summed E-state index contributed by atoms with van der Waals surface area (Å²) in [6.45, 7) is 7.13. The van der Waals surface area contributed by atoms with Crippen LogP contribution in [0.3, 0.4) is 0 Å². The molecule has 1 amide bonds. The van der Waals surface area contributed by atoms with E-state index in [0.717, 1.165) is 18.4 Å². The number of hydrogen-bond donors (Lipinski definition) is 1. The van der Waals surface area contributed by atoms with Gasteiger partial charge in [-0.2, -0.15) is 0 Å². The lowest BCUT2D eigenvalue weighted by molar-refractivity contribution is 0.0935. The first-order valence-electron chi connectivity index (χ1n) is 9.01. The first-order chi connectivity index (χ1) is 12.6. The molecule has 26 heavy (non-hydrogen) atoms. The summed E-state index contributed by atoms with van der Waals surface area (Å²) in [5, 5.41) is 2.82. The van der Waals surface area contributed by atoms with E-state index in [0.29, 0.717) is 24.7 Å². The number of halogens is 1. The van der Waals surface area contributed by atoms with Crippen LogP contribution in [0.25, 0.3) is 0 Å². The van der Waals surface area contributed by atoms with Gasteiger partial charge in [0.1, 0.15) is 5.82 Å². The van der Waals surface area contributed by atoms with Gasteiger partial charge in [-0.3, -0.25) is 4.79 Å². The van der Waals surface area contributed by atoms with Crippen LogP contribution in [0.1, 0.15) is 55.6 Å². The molecule has 140 valence electrons. The average Bonchev–Trinajstić information content (AvgIpc) is 2.65. The Hall–Kier alpha value is -2.56. The van der Waals surface area contributed by atoms with Crippen LogP contribution in [0.5, 0.6) is 11.5 Å². The molecule has 0 fully saturated rings. The van der Waals surface area contributed by atoms with E-state index in [2.05, 4.69) is 5.32 Å². The highest BCUT2D eigenvalue weighted by atomic mass is 19.1. The van der Waals surface area contributed by atoms with Gasteiger partial charge in [0.25, 0.3) is 5.91 Å². The van der Waals surface area contributed by atoms with E-state index in [1.807, 2.05) is 39.0 Å². The minimum atomic E-state index is -0.535. The van der Waals surface area contributed by atoms with Crippen molar-refractivity contribution in [2.45, 2.75) is 39.7 Å². The van der Waals surface area contributed by atoms with Crippen molar-refractivity contribution >= 4 is 5.91 Å². The molecule has 1 atom stereocenters. The highest BCUT2D eigenvalue weighted by Crippen LogP contribution is 2.31. The first kappa shape index (κ1) is 19.8. The van der Waals surface area contributed by atoms with Crippen LogP contribution < -0.4 is 14.8 Å². The summed E-state index contributed by atoms with van der Waals surface area (Å²) in [6.07, 6.45) is 1.79. The van der Waals surface area contributed by atoms with Crippen molar-refractivity contribution in [3.8, 4) is 11.5 Å². The Balaban J connectivity index is 2.15. The van der Waals surface area contributed by atoms with Gasteiger partial charge in [-0.05, 0) is 49.6 Å². The van der Waals surface area contributed by atoms with E-state index < -0.39 is 11.7 Å². The summed E-state index contributed by atoms with van der Waals surface area (Å²) >= 11 is 0. The van der Waals surface area contributed by atoms with Crippen LogP contribution in [0.4, 0.5) is 4.39 Å². The Labute approximate surface area is 154 Å². The molecule has 4 nitrogen and oxygen atoms in total. The molecule has 5 heteroatoms. The van der Waals surface area contributed by atoms with Gasteiger partial charge < -0.3 is 14.8 Å². The van der Waals surface area contributed by atoms with Gasteiger partial charge in [0.05, 0.1) is 24.8 Å². The molecule has 0 heterocycles. The molecule has 0 radical (unpaired) electrons. The third-order valence-corrected chi connectivity index (χ3v) is 3.86. The lowest BCUT2D eigenvalue weighted by Crippen LogP contribution is -2.27. The Morgan fingerprint density at radius 3 is 2.35 bits per heavy atom. The second-order valence-electron chi connectivity index (χ2n) is 6.08. The highest BCUT2D eigenvalue weighted by Gasteiger charge is 2.16. The van der Waals surface area contributed by atoms with Crippen LogP contribution >= 0.6 is 0 Å². The summed E-state index contributed by atoms with van der Waals surface area (Å²) in [5.41, 5.74) is 0.898. The molecule has 1 N–H and O–H groups in total. The number of hydrogen-bond acceptors (Lipinski definition) is 3. The maximum Gasteiger partial charge on any atom is 0.254 e. The molecule has 2 rings (SSSR count). The summed E-state index contributed by atoms with van der Waals surface area (Å²) < 4.78 is 25.3. The van der Waals surface area contributed by atoms with Gasteiger partial charge in [0.2, 0.25) is 0 Å². The maximum atomic E-state index is 13.8. The van der Waals surface area contributed by atoms with Gasteiger partial charge >= 0.3 is 0 Å². The molecule has 0 aromatic heterocycles. The number of nitrogens with one attached hydrogen (secondary N) is 1. The van der Waals surface area contributed by atoms with E-state index in [-0.39, 0.29) is 11.6 Å². The van der Waals surface area contributed by atoms with Gasteiger partial charge in [-0.15, -0.1) is 0 Å². The zero-order chi connectivity index (χ0) is 18.9. The minimum Gasteiger partial charge on any atom is -0.490 e. The van der Waals surface area contributed by atoms with Crippen molar-refractivity contribution in [3.63, 3.8) is 0 Å². The molecular weight excluding hydrogens is 333 g/mol. The Morgan fingerprint density at radius 1 is 1.04 bits per heavy atom. The fraction of sp³-hybridized carbons (Fsp3) is 0.381. The lowest BCUT2D eigenvalue weighted by Gasteiger charge is -2.18. The third-order valence-electron chi connectivity index (χ3n) is 3.86. The van der Waals surface area contributed by atoms with Crippen LogP contribution in [-0.2, 0) is 0 Å². The SMILES string of the molecule is CCCOc1ccc([C@@H](C)NC(=O)c2ccccc2F)cc1OCCC. The van der Waals surface area contributed by atoms with Crippen LogP contribution in [0.15, 0.2) is 42.5 Å². The largest absolute Gasteiger partial charge is 0.490 e. The molecular formula is C21H26FNO3. The van der Waals surface area contributed by atoms with Crippen LogP contribution in [-0.4, -0.2) is 19.1 Å². The monoisotopic (exact) mass is 359 g/mol. The number of carbonyl (C=O) groups excluding carboxylic acids is 1. The topological polar surface area (TPSA) is 47.6 Å². The quantitative estimate of drug-likeness (QED) is 0.693. The molecule has 0 aliphatic heterocycles. The van der Waals surface area contributed by atoms with Crippen molar-refractivity contribution in [1.82, 2.24) is 5.32 Å². The summed E-state index contributed by atoms with van der Waals surface area (Å²) in [5.74, 6) is 0.367. The van der Waals surface area contributed by atoms with Gasteiger partial charge in [0, 0.05) is 0 Å². The van der Waals surface area contributed by atoms with Crippen LogP contribution in [0.2, 0.25) is 0 Å². The van der Waals surface area contributed by atoms with E-state index in [9.17, 15) is 9.18 Å². The third kappa shape index (κ3) is 5.22. The zero-order valence-corrected chi connectivity index (χ0v) is 15.5. The standard InChI is InChI=1S/C21H26FNO3/c1-4-12-25-19-11-10-16(14-20(19)26-13-5-2)15(3)23-21(24)17-8-6-7-9-18(17)22/h6-11,14-15H,4-5,12-13H2,1-3H3,(H,23,24)/t15-/m1/s1. The van der Waals surface area contributed by atoms with E-state index in [1.54, 1.807) is 12.1 Å². The number of rotatable bonds is 9. The second-order valence-corrected chi connectivity index (χ2v) is 6.08. The first-order valence-corrected chi connectivity index (χ1v) is 9.01. The van der Waals surface area contributed by atoms with Gasteiger partial charge in [-0.25, -0.2) is 4.39 Å². The lowest BCUT2D eigenvalue weighted by atomic mass is 10.1. The number of ether oxygens (including phenoxy) is 2. The highest BCUT2D eigenvalue weighted by molar-refractivity contribution is 5.94. The number of amides is 1. The summed E-state index contributed by atoms with van der Waals surface area (Å²) in [4.78, 5) is 12.3. The molecule has 2 aromatic rings. The summed E-state index contributed by atoms with van der Waals surface area (Å²) in [7, 11) is 0. The molecule has 0 aliphatic rings. The van der Waals surface area contributed by atoms with Crippen molar-refractivity contribution < 1.29 is 18.7 Å². The zero-order valence-electron chi connectivity index (χ0n) is 15.5. The van der Waals surface area contributed by atoms with Gasteiger partial charge in [0.15, 0.2) is 11.5 Å². The average molecular weight is 359 g/mol. The molecule has 0 saturated heterocycles. The van der Waals surface area contributed by atoms with E-state index >= 15 is 0 Å². The summed E-state index contributed by atoms with van der Waals surface area (Å²) in [6, 6.07) is 11.2. The molecule has 0 bridgehead atoms. The Bertz CT molecular complexity index is 733. The predicted octanol–water partition coefficient (Wildman–Crippen LogP) is 4.89. The molecule has 0 spiro atoms. The second kappa shape index (κ2) is 9.80. The maximum absolute atomic E-state index is 13.8. The van der Waals surface area contributed by atoms with Crippen molar-refractivity contribution in [2.24, 2.45) is 0 Å². The number of benzene rings is 2. The van der Waals surface area contributed by atoms with Crippen molar-refractivity contribution in [2.75, 3.05) is 13.2 Å². The smallest absolute Gasteiger partial charge is 0.254 e. The number of carbonyl (C=O) groups is 1. The normalized spacial score (nSPS) is 11.7. The fourth-order valence-corrected chi connectivity index (χ4v) is 2.45. The van der Waals surface area contributed by atoms with Crippen LogP contribution in [0, 0.1) is 5.82 Å². The predicted molar refractivity (Wildman–Crippen MR) is 100 cm³/mol. The van der Waals surface area contributed by atoms with Crippen molar-refractivity contribution in [1.29, 1.82) is 0 Å². The van der Waals surface area contributed by atoms with Gasteiger partial charge in [-0.1, -0.05) is 32.0 Å². The minimum absolute atomic E-state index is 0.0321. The van der Waals surface area contributed by atoms with E-state index in [4.69, 9.17) is 9.47 Å². The van der Waals surface area contributed by atoms with E-state index in [1.165, 1.54) is 12.1 Å². The van der Waals surface area contributed by atoms with Crippen molar-refractivity contribution in [3.05, 3.63) is 59.4 Å². The molecule has 0 aliphatic carbocycles. The molecule has 2 aromatic carbocycles. The fourth-order valence-electron chi connectivity index (χ4n) is 2.45. The Morgan fingerprint density at radius 2 is 1.69 bits per heavy atom. The Kier molecular flexibility index (Phi) is 7.45. The molecule has 0 saturated carbocycles.